The molecule has 1 N–H and O–H groups in total. The summed E-state index contributed by atoms with van der Waals surface area (Å²) in [5, 5.41) is 3.78. The van der Waals surface area contributed by atoms with E-state index < -0.39 is 5.60 Å². The summed E-state index contributed by atoms with van der Waals surface area (Å²) in [5.74, 6) is 1.39. The number of hydrogen-bond acceptors (Lipinski definition) is 3. The highest BCUT2D eigenvalue weighted by Gasteiger charge is 2.37. The Hall–Kier alpha value is -0.770. The van der Waals surface area contributed by atoms with Gasteiger partial charge in [0.1, 0.15) is 5.60 Å². The molecule has 2 aliphatic rings. The fourth-order valence-electron chi connectivity index (χ4n) is 3.92. The van der Waals surface area contributed by atoms with Crippen LogP contribution >= 0.6 is 0 Å². The molecule has 0 aromatic rings. The third-order valence-corrected chi connectivity index (χ3v) is 4.92. The lowest BCUT2D eigenvalue weighted by atomic mass is 9.86. The molecule has 2 fully saturated rings. The van der Waals surface area contributed by atoms with Crippen molar-refractivity contribution >= 4 is 6.09 Å². The van der Waals surface area contributed by atoms with E-state index in [1.54, 1.807) is 0 Å². The van der Waals surface area contributed by atoms with E-state index in [0.717, 1.165) is 32.0 Å². The molecule has 22 heavy (non-hydrogen) atoms. The highest BCUT2D eigenvalue weighted by Crippen LogP contribution is 2.34. The Morgan fingerprint density at radius 1 is 1.23 bits per heavy atom. The number of nitrogens with zero attached hydrogens (tertiary/aromatic N) is 1. The molecule has 1 saturated heterocycles. The number of nitrogens with one attached hydrogen (secondary N) is 1. The lowest BCUT2D eigenvalue weighted by molar-refractivity contribution is 0.0283. The smallest absolute Gasteiger partial charge is 0.410 e. The fraction of sp³-hybridized carbons (Fsp3) is 0.944. The lowest BCUT2D eigenvalue weighted by Gasteiger charge is -2.31. The number of hydrogen-bond donors (Lipinski definition) is 1. The molecule has 4 heteroatoms. The monoisotopic (exact) mass is 310 g/mol. The molecule has 1 saturated carbocycles. The average Bonchev–Trinajstić information content (AvgIpc) is 3.08. The van der Waals surface area contributed by atoms with Gasteiger partial charge < -0.3 is 15.0 Å². The van der Waals surface area contributed by atoms with E-state index in [4.69, 9.17) is 4.74 Å². The maximum Gasteiger partial charge on any atom is 0.410 e. The molecule has 128 valence electrons. The van der Waals surface area contributed by atoms with Gasteiger partial charge >= 0.3 is 6.09 Å². The van der Waals surface area contributed by atoms with Crippen molar-refractivity contribution in [2.24, 2.45) is 11.8 Å². The zero-order valence-corrected chi connectivity index (χ0v) is 14.9. The van der Waals surface area contributed by atoms with E-state index in [1.807, 2.05) is 25.7 Å². The summed E-state index contributed by atoms with van der Waals surface area (Å²) < 4.78 is 5.52. The lowest BCUT2D eigenvalue weighted by Crippen LogP contribution is -2.44. The normalized spacial score (nSPS) is 24.7. The van der Waals surface area contributed by atoms with Crippen LogP contribution in [0.15, 0.2) is 0 Å². The first kappa shape index (κ1) is 17.6. The van der Waals surface area contributed by atoms with Crippen LogP contribution in [0.3, 0.4) is 0 Å². The zero-order valence-electron chi connectivity index (χ0n) is 14.9. The van der Waals surface area contributed by atoms with Gasteiger partial charge in [-0.1, -0.05) is 19.8 Å². The first-order valence-electron chi connectivity index (χ1n) is 9.12. The zero-order chi connectivity index (χ0) is 16.2. The van der Waals surface area contributed by atoms with Crippen molar-refractivity contribution in [1.29, 1.82) is 0 Å². The van der Waals surface area contributed by atoms with Gasteiger partial charge in [0, 0.05) is 19.1 Å². The van der Waals surface area contributed by atoms with E-state index in [1.165, 1.54) is 32.1 Å². The van der Waals surface area contributed by atoms with E-state index in [2.05, 4.69) is 12.2 Å². The van der Waals surface area contributed by atoms with Crippen molar-refractivity contribution in [2.45, 2.75) is 77.9 Å². The molecule has 1 amide bonds. The van der Waals surface area contributed by atoms with E-state index >= 15 is 0 Å². The summed E-state index contributed by atoms with van der Waals surface area (Å²) >= 11 is 0. The Bertz CT molecular complexity index is 359. The molecule has 0 spiro atoms. The molecule has 0 bridgehead atoms. The van der Waals surface area contributed by atoms with Gasteiger partial charge in [-0.3, -0.25) is 0 Å². The number of rotatable bonds is 5. The van der Waals surface area contributed by atoms with Gasteiger partial charge in [0.05, 0.1) is 0 Å². The number of likely N-dealkylation sites (tertiary alicyclic amines) is 1. The highest BCUT2D eigenvalue weighted by atomic mass is 16.6. The van der Waals surface area contributed by atoms with Crippen molar-refractivity contribution < 1.29 is 9.53 Å². The Morgan fingerprint density at radius 2 is 1.91 bits per heavy atom. The average molecular weight is 310 g/mol. The van der Waals surface area contributed by atoms with E-state index in [0.29, 0.717) is 12.0 Å². The van der Waals surface area contributed by atoms with Gasteiger partial charge in [0.25, 0.3) is 0 Å². The summed E-state index contributed by atoms with van der Waals surface area (Å²) in [5.41, 5.74) is -0.402. The Labute approximate surface area is 136 Å². The van der Waals surface area contributed by atoms with Gasteiger partial charge in [-0.05, 0) is 64.8 Å². The molecular weight excluding hydrogens is 276 g/mol. The van der Waals surface area contributed by atoms with Crippen molar-refractivity contribution in [3.05, 3.63) is 0 Å². The van der Waals surface area contributed by atoms with Crippen molar-refractivity contribution in [2.75, 3.05) is 19.6 Å². The molecule has 2 unspecified atom stereocenters. The fourth-order valence-corrected chi connectivity index (χ4v) is 3.92. The number of carbonyl (C=O) groups excluding carboxylic acids is 1. The van der Waals surface area contributed by atoms with Gasteiger partial charge in [-0.2, -0.15) is 0 Å². The van der Waals surface area contributed by atoms with Crippen molar-refractivity contribution in [3.63, 3.8) is 0 Å². The quantitative estimate of drug-likeness (QED) is 0.839. The van der Waals surface area contributed by atoms with Crippen molar-refractivity contribution in [3.8, 4) is 0 Å². The first-order valence-corrected chi connectivity index (χ1v) is 9.12. The standard InChI is InChI=1S/C18H34N2O2/c1-5-11-19-16(14-8-6-7-9-14)15-10-12-20(13-15)17(21)22-18(2,3)4/h14-16,19H,5-13H2,1-4H3. The minimum atomic E-state index is -0.402. The van der Waals surface area contributed by atoms with Crippen LogP contribution in [0, 0.1) is 11.8 Å². The summed E-state index contributed by atoms with van der Waals surface area (Å²) in [4.78, 5) is 14.2. The molecule has 0 aromatic heterocycles. The molecule has 2 atom stereocenters. The summed E-state index contributed by atoms with van der Waals surface area (Å²) in [6, 6.07) is 0.579. The maximum absolute atomic E-state index is 12.2. The third kappa shape index (κ3) is 4.87. The first-order chi connectivity index (χ1) is 10.4. The van der Waals surface area contributed by atoms with E-state index in [9.17, 15) is 4.79 Å². The molecule has 4 nitrogen and oxygen atoms in total. The van der Waals surface area contributed by atoms with Crippen molar-refractivity contribution in [1.82, 2.24) is 10.2 Å². The minimum Gasteiger partial charge on any atom is -0.444 e. The molecule has 0 radical (unpaired) electrons. The van der Waals surface area contributed by atoms with Crippen LogP contribution in [0.2, 0.25) is 0 Å². The number of amides is 1. The van der Waals surface area contributed by atoms with Crippen LogP contribution in [0.5, 0.6) is 0 Å². The van der Waals surface area contributed by atoms with Crippen LogP contribution < -0.4 is 5.32 Å². The summed E-state index contributed by atoms with van der Waals surface area (Å²) in [6.07, 6.45) is 7.59. The van der Waals surface area contributed by atoms with Gasteiger partial charge in [-0.25, -0.2) is 4.79 Å². The molecule has 1 aliphatic carbocycles. The van der Waals surface area contributed by atoms with Gasteiger partial charge in [-0.15, -0.1) is 0 Å². The van der Waals surface area contributed by atoms with Gasteiger partial charge in [0.15, 0.2) is 0 Å². The number of ether oxygens (including phenoxy) is 1. The molecule has 0 aromatic carbocycles. The van der Waals surface area contributed by atoms with Crippen LogP contribution in [0.25, 0.3) is 0 Å². The Kier molecular flexibility index (Phi) is 6.13. The topological polar surface area (TPSA) is 41.6 Å². The molecular formula is C18H34N2O2. The van der Waals surface area contributed by atoms with Crippen LogP contribution in [-0.4, -0.2) is 42.3 Å². The second-order valence-corrected chi connectivity index (χ2v) is 8.00. The predicted molar refractivity (Wildman–Crippen MR) is 90.0 cm³/mol. The Balaban J connectivity index is 1.91. The Morgan fingerprint density at radius 3 is 2.50 bits per heavy atom. The predicted octanol–water partition coefficient (Wildman–Crippen LogP) is 3.80. The highest BCUT2D eigenvalue weighted by molar-refractivity contribution is 5.68. The minimum absolute atomic E-state index is 0.143. The van der Waals surface area contributed by atoms with Crippen LogP contribution in [0.4, 0.5) is 4.79 Å². The molecule has 2 rings (SSSR count). The molecule has 1 aliphatic heterocycles. The maximum atomic E-state index is 12.2. The van der Waals surface area contributed by atoms with Crippen LogP contribution in [0.1, 0.15) is 66.2 Å². The third-order valence-electron chi connectivity index (χ3n) is 4.92. The second kappa shape index (κ2) is 7.67. The van der Waals surface area contributed by atoms with Crippen LogP contribution in [-0.2, 0) is 4.74 Å². The number of carbonyl (C=O) groups is 1. The molecule has 1 heterocycles. The second-order valence-electron chi connectivity index (χ2n) is 8.00. The van der Waals surface area contributed by atoms with Gasteiger partial charge in [0.2, 0.25) is 0 Å². The summed E-state index contributed by atoms with van der Waals surface area (Å²) in [7, 11) is 0. The summed E-state index contributed by atoms with van der Waals surface area (Å²) in [6.45, 7) is 10.8. The SMILES string of the molecule is CCCNC(C1CCCC1)C1CCN(C(=O)OC(C)(C)C)C1. The largest absolute Gasteiger partial charge is 0.444 e. The van der Waals surface area contributed by atoms with E-state index in [-0.39, 0.29) is 6.09 Å².